The number of hydrogen-bond donors (Lipinski definition) is 0. The molecule has 1 aliphatic heterocycles. The van der Waals surface area contributed by atoms with Crippen LogP contribution in [0, 0.1) is 0 Å². The second kappa shape index (κ2) is 5.68. The molecule has 1 amide bonds. The van der Waals surface area contributed by atoms with E-state index < -0.39 is 16.2 Å². The van der Waals surface area contributed by atoms with Crippen LogP contribution in [-0.2, 0) is 23.8 Å². The molecule has 22 heavy (non-hydrogen) atoms. The molecule has 1 fully saturated rings. The standard InChI is InChI=1S/C15H15NO5S/c1-22(18,19)21-9-14-15(17)16(10-20-14)13-7-6-11-4-2-3-5-12(11)8-13/h2-8,14H,9-10H2,1H3. The van der Waals surface area contributed by atoms with E-state index in [1.165, 1.54) is 4.90 Å². The summed E-state index contributed by atoms with van der Waals surface area (Å²) >= 11 is 0. The lowest BCUT2D eigenvalue weighted by Gasteiger charge is -2.15. The first-order valence-electron chi connectivity index (χ1n) is 6.70. The first-order chi connectivity index (χ1) is 10.4. The predicted octanol–water partition coefficient (Wildman–Crippen LogP) is 1.51. The number of carbonyl (C=O) groups excluding carboxylic acids is 1. The summed E-state index contributed by atoms with van der Waals surface area (Å²) in [7, 11) is -3.60. The van der Waals surface area contributed by atoms with E-state index in [-0.39, 0.29) is 19.2 Å². The summed E-state index contributed by atoms with van der Waals surface area (Å²) in [6, 6.07) is 13.5. The highest BCUT2D eigenvalue weighted by atomic mass is 32.2. The average molecular weight is 321 g/mol. The predicted molar refractivity (Wildman–Crippen MR) is 82.0 cm³/mol. The molecule has 0 aliphatic carbocycles. The summed E-state index contributed by atoms with van der Waals surface area (Å²) < 4.78 is 31.9. The SMILES string of the molecule is CS(=O)(=O)OCC1OCN(c2ccc3ccccc3c2)C1=O. The Labute approximate surface area is 128 Å². The lowest BCUT2D eigenvalue weighted by molar-refractivity contribution is -0.123. The average Bonchev–Trinajstić information content (AvgIpc) is 2.85. The number of amides is 1. The minimum Gasteiger partial charge on any atom is -0.345 e. The van der Waals surface area contributed by atoms with Crippen LogP contribution in [-0.4, -0.2) is 40.0 Å². The molecule has 0 saturated carbocycles. The Bertz CT molecular complexity index is 818. The highest BCUT2D eigenvalue weighted by Gasteiger charge is 2.34. The smallest absolute Gasteiger partial charge is 0.264 e. The van der Waals surface area contributed by atoms with Crippen LogP contribution >= 0.6 is 0 Å². The van der Waals surface area contributed by atoms with E-state index in [4.69, 9.17) is 4.74 Å². The van der Waals surface area contributed by atoms with Gasteiger partial charge in [-0.2, -0.15) is 8.42 Å². The lowest BCUT2D eigenvalue weighted by Crippen LogP contribution is -2.32. The Morgan fingerprint density at radius 2 is 1.95 bits per heavy atom. The zero-order chi connectivity index (χ0) is 15.7. The molecule has 2 aromatic carbocycles. The van der Waals surface area contributed by atoms with Crippen molar-refractivity contribution in [2.45, 2.75) is 6.10 Å². The molecule has 0 radical (unpaired) electrons. The first kappa shape index (κ1) is 15.0. The van der Waals surface area contributed by atoms with Crippen LogP contribution in [0.5, 0.6) is 0 Å². The van der Waals surface area contributed by atoms with Gasteiger partial charge in [-0.3, -0.25) is 13.9 Å². The number of benzene rings is 2. The summed E-state index contributed by atoms with van der Waals surface area (Å²) in [6.45, 7) is -0.225. The summed E-state index contributed by atoms with van der Waals surface area (Å²) in [5.41, 5.74) is 0.713. The number of carbonyl (C=O) groups is 1. The fraction of sp³-hybridized carbons (Fsp3) is 0.267. The molecule has 1 atom stereocenters. The fourth-order valence-electron chi connectivity index (χ4n) is 2.32. The Hall–Kier alpha value is -1.96. The third-order valence-corrected chi connectivity index (χ3v) is 3.99. The van der Waals surface area contributed by atoms with E-state index in [0.717, 1.165) is 17.0 Å². The molecule has 0 bridgehead atoms. The number of fused-ring (bicyclic) bond motifs is 1. The van der Waals surface area contributed by atoms with E-state index in [9.17, 15) is 13.2 Å². The van der Waals surface area contributed by atoms with Gasteiger partial charge in [-0.15, -0.1) is 0 Å². The molecule has 0 N–H and O–H groups in total. The number of nitrogens with zero attached hydrogens (tertiary/aromatic N) is 1. The lowest BCUT2D eigenvalue weighted by atomic mass is 10.1. The summed E-state index contributed by atoms with van der Waals surface area (Å²) in [6.07, 6.45) is 0.0364. The summed E-state index contributed by atoms with van der Waals surface area (Å²) in [5, 5.41) is 2.10. The number of rotatable bonds is 4. The molecule has 0 aromatic heterocycles. The van der Waals surface area contributed by atoms with Crippen molar-refractivity contribution in [3.63, 3.8) is 0 Å². The maximum Gasteiger partial charge on any atom is 0.264 e. The van der Waals surface area contributed by atoms with Crippen molar-refractivity contribution in [2.24, 2.45) is 0 Å². The van der Waals surface area contributed by atoms with Crippen LogP contribution in [0.1, 0.15) is 0 Å². The number of anilines is 1. The highest BCUT2D eigenvalue weighted by molar-refractivity contribution is 7.85. The van der Waals surface area contributed by atoms with Gasteiger partial charge < -0.3 is 4.74 Å². The largest absolute Gasteiger partial charge is 0.345 e. The van der Waals surface area contributed by atoms with Crippen molar-refractivity contribution in [2.75, 3.05) is 24.5 Å². The summed E-state index contributed by atoms with van der Waals surface area (Å²) in [4.78, 5) is 13.8. The van der Waals surface area contributed by atoms with Crippen molar-refractivity contribution in [3.8, 4) is 0 Å². The van der Waals surface area contributed by atoms with Gasteiger partial charge in [-0.25, -0.2) is 0 Å². The highest BCUT2D eigenvalue weighted by Crippen LogP contribution is 2.25. The Balaban J connectivity index is 1.78. The van der Waals surface area contributed by atoms with Crippen LogP contribution in [0.15, 0.2) is 42.5 Å². The molecule has 1 aliphatic rings. The molecular formula is C15H15NO5S. The van der Waals surface area contributed by atoms with Gasteiger partial charge in [-0.05, 0) is 22.9 Å². The molecule has 7 heteroatoms. The van der Waals surface area contributed by atoms with Gasteiger partial charge in [0.05, 0.1) is 6.26 Å². The molecular weight excluding hydrogens is 306 g/mol. The van der Waals surface area contributed by atoms with Gasteiger partial charge >= 0.3 is 0 Å². The van der Waals surface area contributed by atoms with Crippen LogP contribution in [0.4, 0.5) is 5.69 Å². The summed E-state index contributed by atoms with van der Waals surface area (Å²) in [5.74, 6) is -0.307. The van der Waals surface area contributed by atoms with Crippen molar-refractivity contribution >= 4 is 32.5 Å². The van der Waals surface area contributed by atoms with Gasteiger partial charge in [0.25, 0.3) is 16.0 Å². The normalized spacial score (nSPS) is 19.0. The van der Waals surface area contributed by atoms with Gasteiger partial charge in [0, 0.05) is 5.69 Å². The molecule has 3 rings (SSSR count). The van der Waals surface area contributed by atoms with E-state index in [0.29, 0.717) is 5.69 Å². The van der Waals surface area contributed by atoms with Gasteiger partial charge in [0.15, 0.2) is 6.10 Å². The van der Waals surface area contributed by atoms with Crippen molar-refractivity contribution in [1.82, 2.24) is 0 Å². The molecule has 6 nitrogen and oxygen atoms in total. The topological polar surface area (TPSA) is 72.9 Å². The van der Waals surface area contributed by atoms with Crippen LogP contribution in [0.2, 0.25) is 0 Å². The monoisotopic (exact) mass is 321 g/mol. The number of ether oxygens (including phenoxy) is 1. The van der Waals surface area contributed by atoms with Gasteiger partial charge in [0.1, 0.15) is 13.3 Å². The first-order valence-corrected chi connectivity index (χ1v) is 8.52. The van der Waals surface area contributed by atoms with Crippen LogP contribution in [0.3, 0.4) is 0 Å². The Kier molecular flexibility index (Phi) is 3.86. The van der Waals surface area contributed by atoms with Crippen molar-refractivity contribution in [3.05, 3.63) is 42.5 Å². The molecule has 2 aromatic rings. The van der Waals surface area contributed by atoms with Crippen molar-refractivity contribution < 1.29 is 22.1 Å². The van der Waals surface area contributed by atoms with E-state index in [2.05, 4.69) is 4.18 Å². The zero-order valence-electron chi connectivity index (χ0n) is 11.9. The molecule has 0 spiro atoms. The quantitative estimate of drug-likeness (QED) is 0.798. The van der Waals surface area contributed by atoms with Crippen molar-refractivity contribution in [1.29, 1.82) is 0 Å². The molecule has 116 valence electrons. The van der Waals surface area contributed by atoms with E-state index in [1.54, 1.807) is 0 Å². The van der Waals surface area contributed by atoms with Crippen LogP contribution in [0.25, 0.3) is 10.8 Å². The second-order valence-corrected chi connectivity index (χ2v) is 6.71. The Morgan fingerprint density at radius 1 is 1.23 bits per heavy atom. The second-order valence-electron chi connectivity index (χ2n) is 5.07. The van der Waals surface area contributed by atoms with Gasteiger partial charge in [0.2, 0.25) is 0 Å². The van der Waals surface area contributed by atoms with Gasteiger partial charge in [-0.1, -0.05) is 30.3 Å². The zero-order valence-corrected chi connectivity index (χ0v) is 12.7. The molecule has 1 saturated heterocycles. The minimum absolute atomic E-state index is 0.0783. The Morgan fingerprint density at radius 3 is 2.68 bits per heavy atom. The van der Waals surface area contributed by atoms with Crippen LogP contribution < -0.4 is 4.90 Å². The molecule has 1 heterocycles. The van der Waals surface area contributed by atoms with E-state index >= 15 is 0 Å². The number of hydrogen-bond acceptors (Lipinski definition) is 5. The maximum atomic E-state index is 12.3. The van der Waals surface area contributed by atoms with E-state index in [1.807, 2.05) is 42.5 Å². The minimum atomic E-state index is -3.60. The molecule has 1 unspecified atom stereocenters. The fourth-order valence-corrected chi connectivity index (χ4v) is 2.70. The maximum absolute atomic E-state index is 12.3. The third kappa shape index (κ3) is 3.11. The third-order valence-electron chi connectivity index (χ3n) is 3.42.